The molecule has 0 atom stereocenters. The minimum Gasteiger partial charge on any atom is -0.456 e. The normalized spacial score (nSPS) is 13.5. The quantitative estimate of drug-likeness (QED) is 0.214. The van der Waals surface area contributed by atoms with Gasteiger partial charge in [-0.2, -0.15) is 0 Å². The lowest BCUT2D eigenvalue weighted by Gasteiger charge is -2.21. The molecule has 2 heterocycles. The molecule has 0 bridgehead atoms. The lowest BCUT2D eigenvalue weighted by atomic mass is 9.89. The lowest BCUT2D eigenvalue weighted by molar-refractivity contribution is -0.351. The number of hydrogen-bond donors (Lipinski definition) is 0. The van der Waals surface area contributed by atoms with E-state index in [0.717, 1.165) is 45.2 Å². The second-order valence-electron chi connectivity index (χ2n) is 10.8. The summed E-state index contributed by atoms with van der Waals surface area (Å²) in [5, 5.41) is 0. The number of benzene rings is 5. The molecule has 0 unspecified atom stereocenters. The first-order valence-electron chi connectivity index (χ1n) is 14.6. The Morgan fingerprint density at radius 2 is 0.884 bits per heavy atom. The molecule has 0 spiro atoms. The van der Waals surface area contributed by atoms with Gasteiger partial charge < -0.3 is 4.74 Å². The number of allylic oxidation sites excluding steroid dienone is 3. The van der Waals surface area contributed by atoms with E-state index in [2.05, 4.69) is 157 Å². The molecule has 43 heavy (non-hydrogen) atoms. The van der Waals surface area contributed by atoms with Crippen molar-refractivity contribution in [1.82, 2.24) is 0 Å². The number of H-pyrrole nitrogens is 1. The number of pyridine rings is 1. The van der Waals surface area contributed by atoms with Crippen LogP contribution in [-0.2, 0) is 4.74 Å². The van der Waals surface area contributed by atoms with E-state index >= 15 is 0 Å². The van der Waals surface area contributed by atoms with Crippen LogP contribution < -0.4 is 4.98 Å². The molecule has 0 saturated carbocycles. The van der Waals surface area contributed by atoms with Crippen molar-refractivity contribution in [2.45, 2.75) is 0 Å². The molecule has 1 N–H and O–H groups in total. The zero-order valence-corrected chi connectivity index (χ0v) is 23.5. The fraction of sp³-hybridized carbons (Fsp3) is 0. The second-order valence-corrected chi connectivity index (χ2v) is 10.8. The zero-order chi connectivity index (χ0) is 28.6. The maximum absolute atomic E-state index is 6.60. The molecule has 202 valence electrons. The molecule has 1 aromatic heterocycles. The average molecular weight is 551 g/mol. The van der Waals surface area contributed by atoms with Crippen molar-refractivity contribution >= 4 is 17.1 Å². The van der Waals surface area contributed by atoms with Gasteiger partial charge in [0.15, 0.2) is 0 Å². The van der Waals surface area contributed by atoms with Gasteiger partial charge in [-0.25, -0.2) is 4.98 Å². The Kier molecular flexibility index (Phi) is 6.16. The summed E-state index contributed by atoms with van der Waals surface area (Å²) < 4.78 is 6.60. The summed E-state index contributed by atoms with van der Waals surface area (Å²) >= 11 is 0. The minimum absolute atomic E-state index is 0.835. The summed E-state index contributed by atoms with van der Waals surface area (Å²) in [6.45, 7) is 0. The van der Waals surface area contributed by atoms with Gasteiger partial charge in [0.25, 0.3) is 0 Å². The van der Waals surface area contributed by atoms with E-state index in [-0.39, 0.29) is 0 Å². The van der Waals surface area contributed by atoms with E-state index in [0.29, 0.717) is 0 Å². The molecule has 1 aliphatic heterocycles. The van der Waals surface area contributed by atoms with Crippen LogP contribution in [0.25, 0.3) is 50.7 Å². The number of hydrogen-bond acceptors (Lipinski definition) is 1. The first-order valence-corrected chi connectivity index (χ1v) is 14.6. The Bertz CT molecular complexity index is 2000. The van der Waals surface area contributed by atoms with E-state index in [1.807, 2.05) is 12.1 Å². The average Bonchev–Trinajstić information content (AvgIpc) is 3.44. The smallest absolute Gasteiger partial charge is 0.220 e. The summed E-state index contributed by atoms with van der Waals surface area (Å²) in [6, 6.07) is 53.0. The number of nitrogens with one attached hydrogen (secondary N) is 1. The van der Waals surface area contributed by atoms with Gasteiger partial charge in [0, 0.05) is 33.9 Å². The standard InChI is InChI=1S/C41H27NO/c1-5-15-28(16-6-1)35-27-36(29-17-7-2-8-18-29)42-41-34-24-14-13-23-33(34)39(40(35)41)32-25-37(30-19-9-3-10-20-30)43-38(26-32)31-21-11-4-12-22-31/h1-27H/p+1. The third-order valence-corrected chi connectivity index (χ3v) is 8.15. The number of fused-ring (bicyclic) bond motifs is 3. The summed E-state index contributed by atoms with van der Waals surface area (Å²) in [6.07, 6.45) is 4.39. The van der Waals surface area contributed by atoms with Crippen LogP contribution in [0.4, 0.5) is 0 Å². The molecular formula is C41H28NO+. The van der Waals surface area contributed by atoms with Crippen LogP contribution >= 0.6 is 0 Å². The first-order chi connectivity index (χ1) is 21.3. The molecule has 2 aliphatic rings. The zero-order valence-electron chi connectivity index (χ0n) is 23.5. The number of aromatic amines is 1. The SMILES string of the molecule is C1=C(c2ccccc2)OC(c2ccccc2)=CC1=C1c2ccccc2-c2[nH+]c(-c3ccccc3)cc(-c3ccccc3)c21. The topological polar surface area (TPSA) is 23.4 Å². The summed E-state index contributed by atoms with van der Waals surface area (Å²) in [5.74, 6) is 1.67. The molecule has 0 radical (unpaired) electrons. The summed E-state index contributed by atoms with van der Waals surface area (Å²) in [4.78, 5) is 3.86. The lowest BCUT2D eigenvalue weighted by Crippen LogP contribution is -2.13. The van der Waals surface area contributed by atoms with Crippen LogP contribution in [0.1, 0.15) is 22.3 Å². The highest BCUT2D eigenvalue weighted by Crippen LogP contribution is 2.50. The summed E-state index contributed by atoms with van der Waals surface area (Å²) in [7, 11) is 0. The summed E-state index contributed by atoms with van der Waals surface area (Å²) in [5.41, 5.74) is 13.8. The number of ether oxygens (including phenoxy) is 1. The molecule has 0 fully saturated rings. The highest BCUT2D eigenvalue weighted by molar-refractivity contribution is 6.07. The van der Waals surface area contributed by atoms with E-state index in [9.17, 15) is 0 Å². The molecule has 8 rings (SSSR count). The van der Waals surface area contributed by atoms with Crippen molar-refractivity contribution in [3.05, 3.63) is 192 Å². The maximum Gasteiger partial charge on any atom is 0.220 e. The van der Waals surface area contributed by atoms with Crippen molar-refractivity contribution in [2.24, 2.45) is 0 Å². The van der Waals surface area contributed by atoms with Gasteiger partial charge in [-0.1, -0.05) is 127 Å². The van der Waals surface area contributed by atoms with Gasteiger partial charge in [0.1, 0.15) is 11.5 Å². The predicted octanol–water partition coefficient (Wildman–Crippen LogP) is 9.73. The second kappa shape index (κ2) is 10.6. The Morgan fingerprint density at radius 1 is 0.419 bits per heavy atom. The maximum atomic E-state index is 6.60. The molecule has 2 nitrogen and oxygen atoms in total. The highest BCUT2D eigenvalue weighted by Gasteiger charge is 2.35. The molecule has 0 amide bonds. The Hall–Kier alpha value is -5.73. The molecule has 5 aromatic carbocycles. The van der Waals surface area contributed by atoms with Crippen LogP contribution in [0.15, 0.2) is 169 Å². The van der Waals surface area contributed by atoms with Crippen LogP contribution in [0, 0.1) is 0 Å². The van der Waals surface area contributed by atoms with Crippen molar-refractivity contribution in [3.63, 3.8) is 0 Å². The third kappa shape index (κ3) is 4.50. The molecule has 2 heteroatoms. The number of aromatic nitrogens is 1. The fourth-order valence-corrected chi connectivity index (χ4v) is 6.15. The third-order valence-electron chi connectivity index (χ3n) is 8.15. The fourth-order valence-electron chi connectivity index (χ4n) is 6.15. The van der Waals surface area contributed by atoms with Crippen LogP contribution in [0.3, 0.4) is 0 Å². The highest BCUT2D eigenvalue weighted by atomic mass is 16.5. The number of rotatable bonds is 4. The molecular weight excluding hydrogens is 522 g/mol. The van der Waals surface area contributed by atoms with Crippen molar-refractivity contribution in [3.8, 4) is 33.6 Å². The van der Waals surface area contributed by atoms with Gasteiger partial charge in [-0.15, -0.1) is 0 Å². The van der Waals surface area contributed by atoms with E-state index in [4.69, 9.17) is 4.74 Å². The minimum atomic E-state index is 0.835. The van der Waals surface area contributed by atoms with E-state index in [1.165, 1.54) is 33.4 Å². The first kappa shape index (κ1) is 25.0. The van der Waals surface area contributed by atoms with Crippen LogP contribution in [0.5, 0.6) is 0 Å². The van der Waals surface area contributed by atoms with Gasteiger partial charge in [0.2, 0.25) is 11.4 Å². The van der Waals surface area contributed by atoms with Gasteiger partial charge in [-0.3, -0.25) is 0 Å². The molecule has 0 saturated heterocycles. The Morgan fingerprint density at radius 3 is 1.44 bits per heavy atom. The van der Waals surface area contributed by atoms with Crippen molar-refractivity contribution in [1.29, 1.82) is 0 Å². The van der Waals surface area contributed by atoms with E-state index < -0.39 is 0 Å². The van der Waals surface area contributed by atoms with E-state index in [1.54, 1.807) is 0 Å². The van der Waals surface area contributed by atoms with Crippen molar-refractivity contribution in [2.75, 3.05) is 0 Å². The Labute approximate surface area is 251 Å². The van der Waals surface area contributed by atoms with Crippen LogP contribution in [0.2, 0.25) is 0 Å². The van der Waals surface area contributed by atoms with Crippen LogP contribution in [-0.4, -0.2) is 0 Å². The van der Waals surface area contributed by atoms with Gasteiger partial charge >= 0.3 is 0 Å². The monoisotopic (exact) mass is 550 g/mol. The van der Waals surface area contributed by atoms with Gasteiger partial charge in [0.05, 0.1) is 11.1 Å². The molecule has 1 aliphatic carbocycles. The van der Waals surface area contributed by atoms with Gasteiger partial charge in [-0.05, 0) is 47.1 Å². The largest absolute Gasteiger partial charge is 0.456 e. The Balaban J connectivity index is 1.46. The predicted molar refractivity (Wildman–Crippen MR) is 175 cm³/mol. The molecule has 6 aromatic rings. The van der Waals surface area contributed by atoms with Crippen molar-refractivity contribution < 1.29 is 9.72 Å².